The summed E-state index contributed by atoms with van der Waals surface area (Å²) in [7, 11) is 0. The second-order valence-corrected chi connectivity index (χ2v) is 22.0. The Balaban J connectivity index is 4.24. The van der Waals surface area contributed by atoms with Crippen LogP contribution in [0.2, 0.25) is 0 Å². The van der Waals surface area contributed by atoms with E-state index in [0.717, 1.165) is 64.2 Å². The molecule has 0 aliphatic heterocycles. The molecule has 6 heteroatoms. The van der Waals surface area contributed by atoms with Gasteiger partial charge in [0.25, 0.3) is 0 Å². The normalized spacial score (nSPS) is 12.2. The maximum absolute atomic E-state index is 12.9. The van der Waals surface area contributed by atoms with Crippen LogP contribution in [-0.2, 0) is 28.6 Å². The molecular weight excluding hydrogens is 901 g/mol. The van der Waals surface area contributed by atoms with Crippen molar-refractivity contribution in [1.29, 1.82) is 0 Å². The summed E-state index contributed by atoms with van der Waals surface area (Å²) in [6.07, 6.45) is 75.9. The Morgan fingerprint density at radius 2 is 0.466 bits per heavy atom. The van der Waals surface area contributed by atoms with Crippen molar-refractivity contribution in [2.24, 2.45) is 0 Å². The van der Waals surface area contributed by atoms with Gasteiger partial charge in [-0.05, 0) is 89.9 Å². The van der Waals surface area contributed by atoms with Crippen molar-refractivity contribution in [3.05, 3.63) is 36.5 Å². The Labute approximate surface area is 455 Å². The molecule has 1 atom stereocenters. The highest BCUT2D eigenvalue weighted by Crippen LogP contribution is 2.17. The molecule has 0 saturated carbocycles. The highest BCUT2D eigenvalue weighted by molar-refractivity contribution is 5.71. The quantitative estimate of drug-likeness (QED) is 0.0261. The van der Waals surface area contributed by atoms with Crippen molar-refractivity contribution in [2.75, 3.05) is 13.2 Å². The molecule has 0 aliphatic carbocycles. The van der Waals surface area contributed by atoms with Gasteiger partial charge >= 0.3 is 17.9 Å². The minimum atomic E-state index is -0.776. The van der Waals surface area contributed by atoms with Gasteiger partial charge in [-0.15, -0.1) is 0 Å². The fraction of sp³-hybridized carbons (Fsp3) is 0.866. The molecule has 0 radical (unpaired) electrons. The summed E-state index contributed by atoms with van der Waals surface area (Å²) in [6, 6.07) is 0. The number of hydrogen-bond acceptors (Lipinski definition) is 6. The largest absolute Gasteiger partial charge is 0.462 e. The van der Waals surface area contributed by atoms with Gasteiger partial charge in [0.2, 0.25) is 0 Å². The number of ether oxygens (including phenoxy) is 3. The van der Waals surface area contributed by atoms with E-state index in [-0.39, 0.29) is 31.1 Å². The molecule has 0 heterocycles. The number of rotatable bonds is 60. The third-order valence-electron chi connectivity index (χ3n) is 14.6. The molecule has 428 valence electrons. The summed E-state index contributed by atoms with van der Waals surface area (Å²) in [4.78, 5) is 38.2. The van der Waals surface area contributed by atoms with Crippen LogP contribution >= 0.6 is 0 Å². The van der Waals surface area contributed by atoms with Crippen LogP contribution < -0.4 is 0 Å². The highest BCUT2D eigenvalue weighted by atomic mass is 16.6. The van der Waals surface area contributed by atoms with Crippen molar-refractivity contribution in [3.63, 3.8) is 0 Å². The second kappa shape index (κ2) is 62.2. The van der Waals surface area contributed by atoms with Gasteiger partial charge in [0.1, 0.15) is 13.2 Å². The Bertz CT molecular complexity index is 1220. The van der Waals surface area contributed by atoms with Crippen molar-refractivity contribution in [2.45, 2.75) is 361 Å². The van der Waals surface area contributed by atoms with Crippen LogP contribution in [0.5, 0.6) is 0 Å². The van der Waals surface area contributed by atoms with E-state index in [0.29, 0.717) is 19.3 Å². The van der Waals surface area contributed by atoms with Gasteiger partial charge in [0.15, 0.2) is 6.10 Å². The van der Waals surface area contributed by atoms with E-state index in [1.807, 2.05) is 0 Å². The van der Waals surface area contributed by atoms with Crippen LogP contribution in [-0.4, -0.2) is 37.2 Å². The zero-order valence-electron chi connectivity index (χ0n) is 49.2. The Kier molecular flexibility index (Phi) is 60.2. The number of carbonyl (C=O) groups is 3. The summed E-state index contributed by atoms with van der Waals surface area (Å²) in [6.45, 7) is 6.65. The summed E-state index contributed by atoms with van der Waals surface area (Å²) in [5.74, 6) is -0.865. The van der Waals surface area contributed by atoms with Crippen LogP contribution in [0.15, 0.2) is 36.5 Å². The Morgan fingerprint density at radius 3 is 0.726 bits per heavy atom. The van der Waals surface area contributed by atoms with E-state index >= 15 is 0 Å². The zero-order chi connectivity index (χ0) is 52.9. The molecule has 73 heavy (non-hydrogen) atoms. The van der Waals surface area contributed by atoms with Gasteiger partial charge in [0, 0.05) is 19.3 Å². The van der Waals surface area contributed by atoms with Crippen LogP contribution in [0.1, 0.15) is 355 Å². The molecule has 0 rings (SSSR count). The predicted octanol–water partition coefficient (Wildman–Crippen LogP) is 22.0. The number of hydrogen-bond donors (Lipinski definition) is 0. The van der Waals surface area contributed by atoms with E-state index < -0.39 is 6.10 Å². The SMILES string of the molecule is CCCC/C=C\CCCCCCCC(=O)OCC(COC(=O)CCCCCCCCCCCCC/C=C\CCCCCCCCCC)OC(=O)CCCCCCCCCCC/C=C\CCCCCCCCCC. The van der Waals surface area contributed by atoms with Crippen LogP contribution in [0, 0.1) is 0 Å². The lowest BCUT2D eigenvalue weighted by atomic mass is 10.0. The molecule has 0 saturated heterocycles. The van der Waals surface area contributed by atoms with Crippen LogP contribution in [0.25, 0.3) is 0 Å². The van der Waals surface area contributed by atoms with Gasteiger partial charge < -0.3 is 14.2 Å². The lowest BCUT2D eigenvalue weighted by Crippen LogP contribution is -2.30. The lowest BCUT2D eigenvalue weighted by Gasteiger charge is -2.18. The highest BCUT2D eigenvalue weighted by Gasteiger charge is 2.19. The second-order valence-electron chi connectivity index (χ2n) is 22.0. The summed E-state index contributed by atoms with van der Waals surface area (Å²) in [5, 5.41) is 0. The van der Waals surface area contributed by atoms with E-state index in [1.54, 1.807) is 0 Å². The fourth-order valence-electron chi connectivity index (χ4n) is 9.65. The van der Waals surface area contributed by atoms with Crippen molar-refractivity contribution in [3.8, 4) is 0 Å². The van der Waals surface area contributed by atoms with Crippen LogP contribution in [0.4, 0.5) is 0 Å². The minimum absolute atomic E-state index is 0.0730. The van der Waals surface area contributed by atoms with E-state index in [2.05, 4.69) is 57.2 Å². The first-order chi connectivity index (χ1) is 36.0. The molecule has 0 aromatic rings. The molecule has 0 fully saturated rings. The first kappa shape index (κ1) is 70.6. The maximum Gasteiger partial charge on any atom is 0.306 e. The van der Waals surface area contributed by atoms with E-state index in [1.165, 1.54) is 250 Å². The molecule has 0 spiro atoms. The molecule has 0 aromatic heterocycles. The monoisotopic (exact) mass is 1020 g/mol. The van der Waals surface area contributed by atoms with Crippen molar-refractivity contribution >= 4 is 17.9 Å². The zero-order valence-corrected chi connectivity index (χ0v) is 49.2. The standard InChI is InChI=1S/C67H124O6/c1-4-7-10-13-16-19-22-24-26-28-30-32-33-35-36-38-40-42-45-48-51-54-57-60-66(69)72-63-64(62-71-65(68)59-56-53-50-47-44-21-18-15-12-9-6-3)73-67(70)61-58-55-52-49-46-43-41-39-37-34-31-29-27-25-23-20-17-14-11-8-5-2/h15,18,28-31,64H,4-14,16-17,19-27,32-63H2,1-3H3/b18-15-,30-28-,31-29-. The average Bonchev–Trinajstić information content (AvgIpc) is 3.39. The maximum atomic E-state index is 12.9. The number of unbranched alkanes of at least 4 members (excludes halogenated alkanes) is 43. The third-order valence-corrected chi connectivity index (χ3v) is 14.6. The smallest absolute Gasteiger partial charge is 0.306 e. The van der Waals surface area contributed by atoms with Gasteiger partial charge in [-0.25, -0.2) is 0 Å². The first-order valence-corrected chi connectivity index (χ1v) is 32.5. The van der Waals surface area contributed by atoms with Crippen LogP contribution in [0.3, 0.4) is 0 Å². The molecule has 0 aliphatic rings. The summed E-state index contributed by atoms with van der Waals surface area (Å²) in [5.41, 5.74) is 0. The fourth-order valence-corrected chi connectivity index (χ4v) is 9.65. The number of esters is 3. The van der Waals surface area contributed by atoms with Gasteiger partial charge in [-0.2, -0.15) is 0 Å². The predicted molar refractivity (Wildman–Crippen MR) is 316 cm³/mol. The van der Waals surface area contributed by atoms with Crippen molar-refractivity contribution < 1.29 is 28.6 Å². The van der Waals surface area contributed by atoms with E-state index in [4.69, 9.17) is 14.2 Å². The number of allylic oxidation sites excluding steroid dienone is 6. The Morgan fingerprint density at radius 1 is 0.260 bits per heavy atom. The average molecular weight is 1030 g/mol. The van der Waals surface area contributed by atoms with Gasteiger partial charge in [-0.3, -0.25) is 14.4 Å². The molecule has 0 N–H and O–H groups in total. The molecular formula is C67H124O6. The van der Waals surface area contributed by atoms with Crippen molar-refractivity contribution in [1.82, 2.24) is 0 Å². The Hall–Kier alpha value is -2.37. The topological polar surface area (TPSA) is 78.9 Å². The van der Waals surface area contributed by atoms with Gasteiger partial charge in [0.05, 0.1) is 0 Å². The first-order valence-electron chi connectivity index (χ1n) is 32.5. The molecule has 0 aromatic carbocycles. The molecule has 6 nitrogen and oxygen atoms in total. The summed E-state index contributed by atoms with van der Waals surface area (Å²) >= 11 is 0. The molecule has 1 unspecified atom stereocenters. The lowest BCUT2D eigenvalue weighted by molar-refractivity contribution is -0.167. The van der Waals surface area contributed by atoms with Gasteiger partial charge in [-0.1, -0.05) is 282 Å². The molecule has 0 bridgehead atoms. The molecule has 0 amide bonds. The minimum Gasteiger partial charge on any atom is -0.462 e. The van der Waals surface area contributed by atoms with E-state index in [9.17, 15) is 14.4 Å². The third kappa shape index (κ3) is 60.4. The number of carbonyl (C=O) groups excluding carboxylic acids is 3. The summed E-state index contributed by atoms with van der Waals surface area (Å²) < 4.78 is 16.9.